The molecule has 0 saturated carbocycles. The van der Waals surface area contributed by atoms with Gasteiger partial charge in [-0.1, -0.05) is 0 Å². The van der Waals surface area contributed by atoms with Gasteiger partial charge in [0.15, 0.2) is 0 Å². The monoisotopic (exact) mass is 289 g/mol. The van der Waals surface area contributed by atoms with Crippen LogP contribution in [0.3, 0.4) is 0 Å². The average Bonchev–Trinajstić information content (AvgIpc) is 2.51. The summed E-state index contributed by atoms with van der Waals surface area (Å²) >= 11 is 0. The Balaban J connectivity index is 2.24. The minimum absolute atomic E-state index is 0.0256. The van der Waals surface area contributed by atoms with E-state index in [-0.39, 0.29) is 11.2 Å². The predicted molar refractivity (Wildman–Crippen MR) is 78.9 cm³/mol. The van der Waals surface area contributed by atoms with Gasteiger partial charge in [0, 0.05) is 37.8 Å². The van der Waals surface area contributed by atoms with Crippen LogP contribution in [-0.4, -0.2) is 35.8 Å². The van der Waals surface area contributed by atoms with Crippen LogP contribution in [0, 0.1) is 10.1 Å². The van der Waals surface area contributed by atoms with Crippen molar-refractivity contribution in [1.29, 1.82) is 0 Å². The van der Waals surface area contributed by atoms with Gasteiger partial charge in [-0.25, -0.2) is 0 Å². The van der Waals surface area contributed by atoms with Crippen LogP contribution in [0.2, 0.25) is 0 Å². The highest BCUT2D eigenvalue weighted by Gasteiger charge is 2.23. The van der Waals surface area contributed by atoms with Gasteiger partial charge in [-0.2, -0.15) is 0 Å². The molecule has 0 atom stereocenters. The third-order valence-electron chi connectivity index (χ3n) is 3.72. The van der Waals surface area contributed by atoms with Crippen molar-refractivity contribution in [2.24, 2.45) is 7.05 Å². The third-order valence-corrected chi connectivity index (χ3v) is 3.72. The van der Waals surface area contributed by atoms with Crippen LogP contribution in [0.5, 0.6) is 0 Å². The molecule has 0 radical (unpaired) electrons. The fourth-order valence-electron chi connectivity index (χ4n) is 2.57. The molecule has 110 valence electrons. The first-order valence-corrected chi connectivity index (χ1v) is 6.68. The van der Waals surface area contributed by atoms with Crippen molar-refractivity contribution < 1.29 is 9.66 Å². The van der Waals surface area contributed by atoms with Gasteiger partial charge >= 0.3 is 0 Å². The van der Waals surface area contributed by atoms with Crippen LogP contribution in [0.4, 0.5) is 11.4 Å². The molecule has 0 unspecified atom stereocenters. The van der Waals surface area contributed by atoms with Crippen LogP contribution in [0.1, 0.15) is 0 Å². The van der Waals surface area contributed by atoms with Gasteiger partial charge in [0.05, 0.1) is 18.1 Å². The Hall–Kier alpha value is -2.41. The number of anilines is 1. The minimum Gasteiger partial charge on any atom is -0.378 e. The van der Waals surface area contributed by atoms with Crippen LogP contribution in [-0.2, 0) is 11.8 Å². The first kappa shape index (κ1) is 13.6. The number of aryl methyl sites for hydroxylation is 1. The standard InChI is InChI=1S/C14H15N3O4/c1-15-3-2-10-8-13(17(19)20)12(9-11(10)14(15)18)16-4-6-21-7-5-16/h2-3,8-9H,4-7H2,1H3. The number of pyridine rings is 1. The second-order valence-electron chi connectivity index (χ2n) is 5.02. The summed E-state index contributed by atoms with van der Waals surface area (Å²) in [4.78, 5) is 25.0. The van der Waals surface area contributed by atoms with Gasteiger partial charge in [-0.15, -0.1) is 0 Å². The number of hydrogen-bond donors (Lipinski definition) is 0. The molecule has 1 aliphatic heterocycles. The van der Waals surface area contributed by atoms with Crippen LogP contribution in [0.25, 0.3) is 10.8 Å². The molecule has 1 fully saturated rings. The van der Waals surface area contributed by atoms with Crippen molar-refractivity contribution in [2.75, 3.05) is 31.2 Å². The lowest BCUT2D eigenvalue weighted by atomic mass is 10.1. The number of hydrogen-bond acceptors (Lipinski definition) is 5. The summed E-state index contributed by atoms with van der Waals surface area (Å²) in [6.07, 6.45) is 1.61. The number of nitro benzene ring substituents is 1. The van der Waals surface area contributed by atoms with E-state index in [1.54, 1.807) is 25.4 Å². The summed E-state index contributed by atoms with van der Waals surface area (Å²) in [5, 5.41) is 12.4. The van der Waals surface area contributed by atoms with E-state index in [1.807, 2.05) is 4.90 Å². The number of ether oxygens (including phenoxy) is 1. The van der Waals surface area contributed by atoms with Gasteiger partial charge in [-0.3, -0.25) is 14.9 Å². The zero-order valence-electron chi connectivity index (χ0n) is 11.6. The smallest absolute Gasteiger partial charge is 0.293 e. The second kappa shape index (κ2) is 5.17. The molecule has 0 spiro atoms. The molecular formula is C14H15N3O4. The highest BCUT2D eigenvalue weighted by atomic mass is 16.6. The van der Waals surface area contributed by atoms with E-state index in [1.165, 1.54) is 10.6 Å². The Morgan fingerprint density at radius 1 is 1.29 bits per heavy atom. The molecule has 0 amide bonds. The van der Waals surface area contributed by atoms with E-state index in [0.29, 0.717) is 42.8 Å². The topological polar surface area (TPSA) is 77.6 Å². The Bertz CT molecular complexity index is 763. The maximum absolute atomic E-state index is 12.2. The minimum atomic E-state index is -0.401. The van der Waals surface area contributed by atoms with E-state index >= 15 is 0 Å². The molecule has 2 aromatic rings. The number of rotatable bonds is 2. The molecule has 1 aromatic heterocycles. The lowest BCUT2D eigenvalue weighted by molar-refractivity contribution is -0.384. The van der Waals surface area contributed by atoms with E-state index in [9.17, 15) is 14.9 Å². The summed E-state index contributed by atoms with van der Waals surface area (Å²) in [7, 11) is 1.66. The van der Waals surface area contributed by atoms with Crippen molar-refractivity contribution >= 4 is 22.1 Å². The highest BCUT2D eigenvalue weighted by Crippen LogP contribution is 2.32. The van der Waals surface area contributed by atoms with Crippen LogP contribution >= 0.6 is 0 Å². The second-order valence-corrected chi connectivity index (χ2v) is 5.02. The summed E-state index contributed by atoms with van der Waals surface area (Å²) in [5.74, 6) is 0. The first-order chi connectivity index (χ1) is 10.1. The van der Waals surface area contributed by atoms with E-state index in [0.717, 1.165) is 0 Å². The molecule has 1 aliphatic rings. The number of nitro groups is 1. The molecule has 7 heteroatoms. The van der Waals surface area contributed by atoms with E-state index in [4.69, 9.17) is 4.74 Å². The first-order valence-electron chi connectivity index (χ1n) is 6.68. The lowest BCUT2D eigenvalue weighted by Crippen LogP contribution is -2.36. The zero-order valence-corrected chi connectivity index (χ0v) is 11.6. The molecule has 21 heavy (non-hydrogen) atoms. The lowest BCUT2D eigenvalue weighted by Gasteiger charge is -2.28. The molecule has 3 rings (SSSR count). The van der Waals surface area contributed by atoms with Gasteiger partial charge < -0.3 is 14.2 Å². The maximum atomic E-state index is 12.2. The summed E-state index contributed by atoms with van der Waals surface area (Å²) in [6, 6.07) is 4.81. The summed E-state index contributed by atoms with van der Waals surface area (Å²) in [6.45, 7) is 2.23. The van der Waals surface area contributed by atoms with E-state index < -0.39 is 4.92 Å². The average molecular weight is 289 g/mol. The van der Waals surface area contributed by atoms with Crippen molar-refractivity contribution in [3.05, 3.63) is 44.9 Å². The summed E-state index contributed by atoms with van der Waals surface area (Å²) in [5.41, 5.74) is 0.355. The van der Waals surface area contributed by atoms with Gasteiger partial charge in [-0.05, 0) is 17.5 Å². The molecule has 1 aromatic carbocycles. The van der Waals surface area contributed by atoms with Crippen molar-refractivity contribution in [3.63, 3.8) is 0 Å². The molecule has 0 bridgehead atoms. The Labute approximate surface area is 120 Å². The maximum Gasteiger partial charge on any atom is 0.293 e. The number of morpholine rings is 1. The zero-order chi connectivity index (χ0) is 15.0. The van der Waals surface area contributed by atoms with E-state index in [2.05, 4.69) is 0 Å². The van der Waals surface area contributed by atoms with Gasteiger partial charge in [0.1, 0.15) is 5.69 Å². The normalized spacial score (nSPS) is 15.4. The van der Waals surface area contributed by atoms with Gasteiger partial charge in [0.25, 0.3) is 11.2 Å². The Kier molecular flexibility index (Phi) is 3.34. The predicted octanol–water partition coefficient (Wildman–Crippen LogP) is 1.28. The fourth-order valence-corrected chi connectivity index (χ4v) is 2.57. The number of nitrogens with zero attached hydrogens (tertiary/aromatic N) is 3. The number of aromatic nitrogens is 1. The Morgan fingerprint density at radius 2 is 2.00 bits per heavy atom. The third kappa shape index (κ3) is 2.36. The van der Waals surface area contributed by atoms with Gasteiger partial charge in [0.2, 0.25) is 0 Å². The van der Waals surface area contributed by atoms with Crippen molar-refractivity contribution in [1.82, 2.24) is 4.57 Å². The summed E-state index contributed by atoms with van der Waals surface area (Å²) < 4.78 is 6.74. The molecule has 1 saturated heterocycles. The molecular weight excluding hydrogens is 274 g/mol. The van der Waals surface area contributed by atoms with Crippen LogP contribution < -0.4 is 10.5 Å². The Morgan fingerprint density at radius 3 is 2.67 bits per heavy atom. The molecule has 7 nitrogen and oxygen atoms in total. The largest absolute Gasteiger partial charge is 0.378 e. The molecule has 0 aliphatic carbocycles. The molecule has 2 heterocycles. The fraction of sp³-hybridized carbons (Fsp3) is 0.357. The molecule has 0 N–H and O–H groups in total. The highest BCUT2D eigenvalue weighted by molar-refractivity contribution is 5.89. The van der Waals surface area contributed by atoms with Crippen LogP contribution in [0.15, 0.2) is 29.2 Å². The van der Waals surface area contributed by atoms with Crippen molar-refractivity contribution in [3.8, 4) is 0 Å². The van der Waals surface area contributed by atoms with Crippen molar-refractivity contribution in [2.45, 2.75) is 0 Å². The number of fused-ring (bicyclic) bond motifs is 1. The number of benzene rings is 1. The SMILES string of the molecule is Cn1ccc2cc([N+](=O)[O-])c(N3CCOCC3)cc2c1=O. The quantitative estimate of drug-likeness (QED) is 0.615.